The van der Waals surface area contributed by atoms with Gasteiger partial charge in [-0.1, -0.05) is 11.6 Å². The summed E-state index contributed by atoms with van der Waals surface area (Å²) in [4.78, 5) is 27.0. The Balaban J connectivity index is 1.36. The van der Waals surface area contributed by atoms with Crippen molar-refractivity contribution < 1.29 is 31.9 Å². The number of nitrogens with zero attached hydrogens (tertiary/aromatic N) is 1. The highest BCUT2D eigenvalue weighted by atomic mass is 35.5. The fraction of sp³-hybridized carbons (Fsp3) is 0.417. The average molecular weight is 525 g/mol. The molecule has 11 heteroatoms. The van der Waals surface area contributed by atoms with Gasteiger partial charge in [0, 0.05) is 35.5 Å². The molecule has 0 spiro atoms. The molecule has 2 aliphatic rings. The molecule has 4 rings (SSSR count). The van der Waals surface area contributed by atoms with E-state index in [1.165, 1.54) is 18.2 Å². The van der Waals surface area contributed by atoms with Gasteiger partial charge in [0.2, 0.25) is 15.9 Å². The molecular formula is C24H26ClFN2O6S. The number of piperidine rings is 1. The number of carbonyl (C=O) groups is 2. The van der Waals surface area contributed by atoms with Gasteiger partial charge in [-0.15, -0.1) is 0 Å². The molecule has 2 atom stereocenters. The van der Waals surface area contributed by atoms with Crippen LogP contribution in [0.2, 0.25) is 5.02 Å². The van der Waals surface area contributed by atoms with Crippen LogP contribution in [0.15, 0.2) is 42.5 Å². The summed E-state index contributed by atoms with van der Waals surface area (Å²) in [5, 5.41) is 0.354. The number of hydrogen-bond acceptors (Lipinski definition) is 6. The second-order valence-electron chi connectivity index (χ2n) is 8.87. The minimum absolute atomic E-state index is 0.0283. The predicted octanol–water partition coefficient (Wildman–Crippen LogP) is 3.08. The van der Waals surface area contributed by atoms with E-state index < -0.39 is 15.9 Å². The third-order valence-electron chi connectivity index (χ3n) is 6.12. The molecule has 0 aliphatic carbocycles. The molecule has 2 aromatic carbocycles. The zero-order valence-corrected chi connectivity index (χ0v) is 20.6. The number of halogens is 2. The highest BCUT2D eigenvalue weighted by Crippen LogP contribution is 2.37. The molecule has 1 N–H and O–H groups in total. The molecule has 2 bridgehead atoms. The van der Waals surface area contributed by atoms with Crippen molar-refractivity contribution in [1.82, 2.24) is 9.62 Å². The molecule has 2 fully saturated rings. The number of sulfonamides is 1. The summed E-state index contributed by atoms with van der Waals surface area (Å²) in [6.45, 7) is -0.223. The van der Waals surface area contributed by atoms with Crippen LogP contribution in [-0.2, 0) is 26.0 Å². The van der Waals surface area contributed by atoms with Crippen LogP contribution >= 0.6 is 11.6 Å². The second-order valence-corrected chi connectivity index (χ2v) is 11.1. The van der Waals surface area contributed by atoms with Crippen molar-refractivity contribution in [1.29, 1.82) is 0 Å². The molecule has 2 aliphatic heterocycles. The summed E-state index contributed by atoms with van der Waals surface area (Å²) >= 11 is 6.03. The molecule has 2 saturated heterocycles. The maximum atomic E-state index is 13.1. The lowest BCUT2D eigenvalue weighted by Crippen LogP contribution is -2.50. The van der Waals surface area contributed by atoms with Crippen LogP contribution in [0.4, 0.5) is 4.39 Å². The smallest absolute Gasteiger partial charge is 0.261 e. The Kier molecular flexibility index (Phi) is 7.51. The molecule has 0 saturated carbocycles. The van der Waals surface area contributed by atoms with Gasteiger partial charge in [-0.05, 0) is 55.3 Å². The number of fused-ring (bicyclic) bond motifs is 2. The Morgan fingerprint density at radius 3 is 2.40 bits per heavy atom. The van der Waals surface area contributed by atoms with Gasteiger partial charge in [0.25, 0.3) is 5.91 Å². The van der Waals surface area contributed by atoms with Crippen molar-refractivity contribution in [3.05, 3.63) is 58.9 Å². The van der Waals surface area contributed by atoms with Crippen LogP contribution in [0.3, 0.4) is 0 Å². The Morgan fingerprint density at radius 2 is 1.77 bits per heavy atom. The molecule has 2 aromatic rings. The quantitative estimate of drug-likeness (QED) is 0.569. The monoisotopic (exact) mass is 524 g/mol. The van der Waals surface area contributed by atoms with Crippen LogP contribution in [0.1, 0.15) is 31.2 Å². The Labute approximate surface area is 208 Å². The van der Waals surface area contributed by atoms with E-state index in [2.05, 4.69) is 0 Å². The first-order chi connectivity index (χ1) is 16.6. The number of nitrogens with one attached hydrogen (secondary N) is 1. The Morgan fingerprint density at radius 1 is 1.11 bits per heavy atom. The summed E-state index contributed by atoms with van der Waals surface area (Å²) in [5.74, 6) is -0.327. The summed E-state index contributed by atoms with van der Waals surface area (Å²) in [6, 6.07) is 10.6. The summed E-state index contributed by atoms with van der Waals surface area (Å²) in [7, 11) is -3.70. The van der Waals surface area contributed by atoms with E-state index in [1.807, 2.05) is 9.62 Å². The van der Waals surface area contributed by atoms with E-state index in [0.29, 0.717) is 29.2 Å². The van der Waals surface area contributed by atoms with Crippen molar-refractivity contribution in [3.63, 3.8) is 0 Å². The van der Waals surface area contributed by atoms with Gasteiger partial charge in [-0.2, -0.15) is 0 Å². The number of ether oxygens (including phenoxy) is 2. The Bertz CT molecular complexity index is 1190. The largest absolute Gasteiger partial charge is 0.490 e. The lowest BCUT2D eigenvalue weighted by atomic mass is 9.99. The van der Waals surface area contributed by atoms with Crippen molar-refractivity contribution in [2.24, 2.45) is 0 Å². The van der Waals surface area contributed by atoms with Gasteiger partial charge >= 0.3 is 0 Å². The third-order valence-corrected chi connectivity index (χ3v) is 6.95. The molecule has 8 nitrogen and oxygen atoms in total. The van der Waals surface area contributed by atoms with Gasteiger partial charge in [-0.25, -0.2) is 12.8 Å². The van der Waals surface area contributed by atoms with E-state index >= 15 is 0 Å². The first kappa shape index (κ1) is 25.2. The van der Waals surface area contributed by atoms with E-state index in [-0.39, 0.29) is 48.7 Å². The molecular weight excluding hydrogens is 499 g/mol. The van der Waals surface area contributed by atoms with Crippen molar-refractivity contribution in [3.8, 4) is 11.5 Å². The van der Waals surface area contributed by atoms with Gasteiger partial charge < -0.3 is 14.4 Å². The average Bonchev–Trinajstić information content (AvgIpc) is 3.04. The topological polar surface area (TPSA) is 102 Å². The lowest BCUT2D eigenvalue weighted by molar-refractivity contribution is -0.139. The number of carbonyl (C=O) groups excluding carboxylic acids is 2. The fourth-order valence-electron chi connectivity index (χ4n) is 4.79. The maximum Gasteiger partial charge on any atom is 0.261 e. The SMILES string of the molecule is CS(=O)(=O)NC(=O)Cc1cc(Cl)ccc1OCC(=O)N1[C@@H]2CC[C@@H]1CC(Oc1ccc(F)cc1)C2. The first-order valence-corrected chi connectivity index (χ1v) is 13.5. The van der Waals surface area contributed by atoms with Crippen LogP contribution in [0, 0.1) is 5.82 Å². The zero-order chi connectivity index (χ0) is 25.2. The fourth-order valence-corrected chi connectivity index (χ4v) is 5.47. The minimum Gasteiger partial charge on any atom is -0.490 e. The molecule has 188 valence electrons. The predicted molar refractivity (Wildman–Crippen MR) is 127 cm³/mol. The van der Waals surface area contributed by atoms with Gasteiger partial charge in [0.1, 0.15) is 23.4 Å². The minimum atomic E-state index is -3.70. The van der Waals surface area contributed by atoms with Crippen LogP contribution in [0.5, 0.6) is 11.5 Å². The molecule has 35 heavy (non-hydrogen) atoms. The highest BCUT2D eigenvalue weighted by Gasteiger charge is 2.44. The molecule has 2 amide bonds. The van der Waals surface area contributed by atoms with Gasteiger partial charge in [-0.3, -0.25) is 14.3 Å². The van der Waals surface area contributed by atoms with Gasteiger partial charge in [0.05, 0.1) is 12.7 Å². The molecule has 0 radical (unpaired) electrons. The van der Waals surface area contributed by atoms with E-state index in [0.717, 1.165) is 19.1 Å². The van der Waals surface area contributed by atoms with Crippen molar-refractivity contribution in [2.75, 3.05) is 12.9 Å². The molecule has 0 aromatic heterocycles. The number of benzene rings is 2. The van der Waals surface area contributed by atoms with Crippen LogP contribution in [0.25, 0.3) is 0 Å². The summed E-state index contributed by atoms with van der Waals surface area (Å²) < 4.78 is 49.5. The molecule has 2 heterocycles. The highest BCUT2D eigenvalue weighted by molar-refractivity contribution is 7.89. The van der Waals surface area contributed by atoms with E-state index in [9.17, 15) is 22.4 Å². The van der Waals surface area contributed by atoms with E-state index in [1.54, 1.807) is 24.3 Å². The first-order valence-electron chi connectivity index (χ1n) is 11.2. The van der Waals surface area contributed by atoms with E-state index in [4.69, 9.17) is 21.1 Å². The normalized spacial score (nSPS) is 21.5. The standard InChI is InChI=1S/C24H26ClFN2O6S/c1-35(31,32)27-23(29)11-15-10-16(25)2-9-22(15)33-14-24(30)28-18-5-6-19(28)13-21(12-18)34-20-7-3-17(26)4-8-20/h2-4,7-10,18-19,21H,5-6,11-14H2,1H3,(H,27,29)/t18-,19-/m1/s1. The lowest BCUT2D eigenvalue weighted by Gasteiger charge is -2.38. The summed E-state index contributed by atoms with van der Waals surface area (Å²) in [6.07, 6.45) is 3.67. The van der Waals surface area contributed by atoms with Gasteiger partial charge in [0.15, 0.2) is 6.61 Å². The summed E-state index contributed by atoms with van der Waals surface area (Å²) in [5.41, 5.74) is 0.376. The number of amides is 2. The molecule has 0 unspecified atom stereocenters. The number of rotatable bonds is 8. The van der Waals surface area contributed by atoms with Crippen molar-refractivity contribution >= 4 is 33.4 Å². The third kappa shape index (κ3) is 6.64. The van der Waals surface area contributed by atoms with Crippen molar-refractivity contribution in [2.45, 2.75) is 50.3 Å². The Hall–Kier alpha value is -2.85. The zero-order valence-electron chi connectivity index (χ0n) is 19.1. The van der Waals surface area contributed by atoms with Crippen LogP contribution in [-0.4, -0.2) is 56.2 Å². The van der Waals surface area contributed by atoms with Crippen LogP contribution < -0.4 is 14.2 Å². The number of hydrogen-bond donors (Lipinski definition) is 1. The second kappa shape index (κ2) is 10.4. The maximum absolute atomic E-state index is 13.1.